The van der Waals surface area contributed by atoms with Crippen LogP contribution in [0.5, 0.6) is 5.75 Å². The van der Waals surface area contributed by atoms with Gasteiger partial charge in [-0.15, -0.1) is 6.42 Å². The highest BCUT2D eigenvalue weighted by Crippen LogP contribution is 2.34. The molecule has 3 heterocycles. The van der Waals surface area contributed by atoms with Gasteiger partial charge in [-0.2, -0.15) is 5.10 Å². The van der Waals surface area contributed by atoms with Gasteiger partial charge < -0.3 is 4.74 Å². The van der Waals surface area contributed by atoms with Gasteiger partial charge in [0.05, 0.1) is 29.4 Å². The zero-order chi connectivity index (χ0) is 24.5. The number of imide groups is 2. The Labute approximate surface area is 200 Å². The molecule has 1 unspecified atom stereocenters. The Hall–Kier alpha value is -4.71. The van der Waals surface area contributed by atoms with Crippen molar-refractivity contribution in [2.24, 2.45) is 0 Å². The zero-order valence-corrected chi connectivity index (χ0v) is 18.6. The van der Waals surface area contributed by atoms with Crippen LogP contribution in [0.3, 0.4) is 0 Å². The predicted molar refractivity (Wildman–Crippen MR) is 123 cm³/mol. The van der Waals surface area contributed by atoms with Crippen LogP contribution in [0.25, 0.3) is 0 Å². The van der Waals surface area contributed by atoms with Crippen LogP contribution < -0.4 is 10.1 Å². The van der Waals surface area contributed by atoms with E-state index in [9.17, 15) is 19.2 Å². The van der Waals surface area contributed by atoms with E-state index in [1.807, 2.05) is 24.3 Å². The number of ether oxygens (including phenoxy) is 1. The molecule has 1 saturated heterocycles. The van der Waals surface area contributed by atoms with Crippen molar-refractivity contribution in [1.29, 1.82) is 0 Å². The maximum Gasteiger partial charge on any atom is 0.266 e. The Morgan fingerprint density at radius 1 is 1.06 bits per heavy atom. The Morgan fingerprint density at radius 2 is 1.83 bits per heavy atom. The lowest BCUT2D eigenvalue weighted by molar-refractivity contribution is -0.136. The number of nitrogens with zero attached hydrogens (tertiary/aromatic N) is 3. The van der Waals surface area contributed by atoms with Gasteiger partial charge in [0, 0.05) is 12.6 Å². The van der Waals surface area contributed by atoms with Crippen molar-refractivity contribution in [3.8, 4) is 18.1 Å². The number of piperidine rings is 1. The monoisotopic (exact) mass is 468 g/mol. The summed E-state index contributed by atoms with van der Waals surface area (Å²) in [5, 5.41) is 6.41. The number of fused-ring (bicyclic) bond motifs is 1. The first-order valence-corrected chi connectivity index (χ1v) is 11.0. The second kappa shape index (κ2) is 8.91. The summed E-state index contributed by atoms with van der Waals surface area (Å²) in [6, 6.07) is 11.5. The minimum atomic E-state index is -1.02. The van der Waals surface area contributed by atoms with Gasteiger partial charge in [0.2, 0.25) is 11.8 Å². The van der Waals surface area contributed by atoms with Crippen molar-refractivity contribution in [3.05, 3.63) is 82.7 Å². The van der Waals surface area contributed by atoms with E-state index < -0.39 is 29.7 Å². The van der Waals surface area contributed by atoms with E-state index in [0.29, 0.717) is 6.54 Å². The number of benzene rings is 2. The van der Waals surface area contributed by atoms with Crippen LogP contribution in [-0.4, -0.2) is 44.4 Å². The van der Waals surface area contributed by atoms with Crippen LogP contribution in [0.2, 0.25) is 0 Å². The maximum atomic E-state index is 13.1. The molecule has 0 saturated carbocycles. The summed E-state index contributed by atoms with van der Waals surface area (Å²) in [5.74, 6) is 0.569. The molecule has 4 amide bonds. The topological polar surface area (TPSA) is 111 Å². The van der Waals surface area contributed by atoms with E-state index >= 15 is 0 Å². The summed E-state index contributed by atoms with van der Waals surface area (Å²) in [7, 11) is 0. The molecule has 0 spiro atoms. The van der Waals surface area contributed by atoms with E-state index in [4.69, 9.17) is 11.2 Å². The van der Waals surface area contributed by atoms with E-state index in [0.717, 1.165) is 21.6 Å². The average molecular weight is 468 g/mol. The fourth-order valence-corrected chi connectivity index (χ4v) is 4.22. The number of terminal acetylenes is 1. The van der Waals surface area contributed by atoms with Crippen LogP contribution in [0, 0.1) is 12.3 Å². The molecule has 1 N–H and O–H groups in total. The van der Waals surface area contributed by atoms with Gasteiger partial charge in [0.1, 0.15) is 18.4 Å². The van der Waals surface area contributed by atoms with Gasteiger partial charge in [0.25, 0.3) is 11.8 Å². The predicted octanol–water partition coefficient (Wildman–Crippen LogP) is 1.89. The zero-order valence-electron chi connectivity index (χ0n) is 18.6. The molecule has 9 nitrogen and oxygen atoms in total. The first-order chi connectivity index (χ1) is 16.9. The molecule has 1 fully saturated rings. The second-order valence-corrected chi connectivity index (χ2v) is 8.30. The van der Waals surface area contributed by atoms with Gasteiger partial charge in [-0.1, -0.05) is 36.3 Å². The molecule has 2 aliphatic rings. The molecule has 0 bridgehead atoms. The van der Waals surface area contributed by atoms with Crippen molar-refractivity contribution in [3.63, 3.8) is 0 Å². The van der Waals surface area contributed by atoms with Crippen LogP contribution in [-0.2, 0) is 22.7 Å². The van der Waals surface area contributed by atoms with E-state index in [1.54, 1.807) is 29.2 Å². The van der Waals surface area contributed by atoms with Crippen LogP contribution >= 0.6 is 0 Å². The highest BCUT2D eigenvalue weighted by molar-refractivity contribution is 6.24. The number of carbonyl (C=O) groups excluding carboxylic acids is 4. The second-order valence-electron chi connectivity index (χ2n) is 8.30. The van der Waals surface area contributed by atoms with Gasteiger partial charge in [-0.05, 0) is 29.7 Å². The minimum Gasteiger partial charge on any atom is -0.488 e. The van der Waals surface area contributed by atoms with Gasteiger partial charge in [0.15, 0.2) is 0 Å². The number of hydrogen-bond donors (Lipinski definition) is 1. The molecule has 2 aliphatic heterocycles. The normalized spacial score (nSPS) is 17.2. The standard InChI is InChI=1S/C26H20N4O5/c1-2-16-12-27-29(13-16)14-17-6-8-18(9-7-17)15-35-21-5-3-4-19-23(21)26(34)30(25(19)33)20-10-11-22(31)28-24(20)32/h1,3-9,12-13,20H,10-11,14-15H2,(H,28,31,32). The molecule has 0 aliphatic carbocycles. The summed E-state index contributed by atoms with van der Waals surface area (Å²) in [6.07, 6.45) is 8.97. The highest BCUT2D eigenvalue weighted by Gasteiger charge is 2.45. The Balaban J connectivity index is 1.29. The molecule has 3 aromatic rings. The summed E-state index contributed by atoms with van der Waals surface area (Å²) in [4.78, 5) is 50.7. The molecule has 9 heteroatoms. The smallest absolute Gasteiger partial charge is 0.266 e. The van der Waals surface area contributed by atoms with E-state index in [-0.39, 0.29) is 36.3 Å². The summed E-state index contributed by atoms with van der Waals surface area (Å²) >= 11 is 0. The van der Waals surface area contributed by atoms with E-state index in [1.165, 1.54) is 6.07 Å². The molecule has 174 valence electrons. The number of carbonyl (C=O) groups is 4. The quantitative estimate of drug-likeness (QED) is 0.437. The number of aromatic nitrogens is 2. The largest absolute Gasteiger partial charge is 0.488 e. The third-order valence-corrected chi connectivity index (χ3v) is 5.99. The first-order valence-electron chi connectivity index (χ1n) is 11.0. The maximum absolute atomic E-state index is 13.1. The molecule has 5 rings (SSSR count). The van der Waals surface area contributed by atoms with Crippen LogP contribution in [0.15, 0.2) is 54.9 Å². The Bertz CT molecular complexity index is 1400. The van der Waals surface area contributed by atoms with Crippen molar-refractivity contribution in [2.45, 2.75) is 32.0 Å². The summed E-state index contributed by atoms with van der Waals surface area (Å²) < 4.78 is 7.67. The molecule has 1 atom stereocenters. The number of amides is 4. The highest BCUT2D eigenvalue weighted by atomic mass is 16.5. The summed E-state index contributed by atoms with van der Waals surface area (Å²) in [6.45, 7) is 0.751. The molecular weight excluding hydrogens is 448 g/mol. The van der Waals surface area contributed by atoms with Gasteiger partial charge in [-0.3, -0.25) is 34.1 Å². The lowest BCUT2D eigenvalue weighted by Gasteiger charge is -2.27. The van der Waals surface area contributed by atoms with Gasteiger partial charge in [-0.25, -0.2) is 0 Å². The van der Waals surface area contributed by atoms with Crippen molar-refractivity contribution < 1.29 is 23.9 Å². The lowest BCUT2D eigenvalue weighted by atomic mass is 10.0. The van der Waals surface area contributed by atoms with Crippen molar-refractivity contribution >= 4 is 23.6 Å². The first kappa shape index (κ1) is 22.1. The van der Waals surface area contributed by atoms with Crippen LogP contribution in [0.4, 0.5) is 0 Å². The molecule has 35 heavy (non-hydrogen) atoms. The van der Waals surface area contributed by atoms with Crippen molar-refractivity contribution in [1.82, 2.24) is 20.0 Å². The number of rotatable bonds is 6. The molecule has 1 aromatic heterocycles. The Morgan fingerprint density at radius 3 is 2.54 bits per heavy atom. The third kappa shape index (κ3) is 4.17. The van der Waals surface area contributed by atoms with Crippen molar-refractivity contribution in [2.75, 3.05) is 0 Å². The molecule has 0 radical (unpaired) electrons. The van der Waals surface area contributed by atoms with E-state index in [2.05, 4.69) is 16.3 Å². The van der Waals surface area contributed by atoms with Crippen LogP contribution in [0.1, 0.15) is 50.2 Å². The van der Waals surface area contributed by atoms with Gasteiger partial charge >= 0.3 is 0 Å². The minimum absolute atomic E-state index is 0.0641. The molecular formula is C26H20N4O5. The lowest BCUT2D eigenvalue weighted by Crippen LogP contribution is -2.54. The Kier molecular flexibility index (Phi) is 5.63. The third-order valence-electron chi connectivity index (χ3n) is 5.99. The molecule has 2 aromatic carbocycles. The average Bonchev–Trinajstić information content (AvgIpc) is 3.41. The number of hydrogen-bond acceptors (Lipinski definition) is 6. The summed E-state index contributed by atoms with van der Waals surface area (Å²) in [5.41, 5.74) is 2.92. The fourth-order valence-electron chi connectivity index (χ4n) is 4.22. The fraction of sp³-hybridized carbons (Fsp3) is 0.192. The number of nitrogens with one attached hydrogen (secondary N) is 1. The SMILES string of the molecule is C#Cc1cnn(Cc2ccc(COc3cccc4c3C(=O)N(C3CCC(=O)NC3=O)C4=O)cc2)c1.